The van der Waals surface area contributed by atoms with E-state index in [1.165, 1.54) is 0 Å². The molecule has 1 aromatic heterocycles. The van der Waals surface area contributed by atoms with E-state index < -0.39 is 0 Å². The molecule has 0 aliphatic heterocycles. The van der Waals surface area contributed by atoms with E-state index in [0.29, 0.717) is 13.2 Å². The van der Waals surface area contributed by atoms with E-state index in [2.05, 4.69) is 4.98 Å². The van der Waals surface area contributed by atoms with Crippen LogP contribution in [0.15, 0.2) is 29.6 Å². The molecule has 90 valence electrons. The molecule has 3 nitrogen and oxygen atoms in total. The molecule has 0 fully saturated rings. The Balaban J connectivity index is 1.85. The van der Waals surface area contributed by atoms with Crippen LogP contribution in [0, 0.1) is 6.92 Å². The quantitative estimate of drug-likeness (QED) is 0.884. The number of benzene rings is 1. The van der Waals surface area contributed by atoms with Crippen LogP contribution in [0.3, 0.4) is 0 Å². The summed E-state index contributed by atoms with van der Waals surface area (Å²) in [6, 6.07) is 8.03. The number of ether oxygens (including phenoxy) is 1. The fourth-order valence-electron chi connectivity index (χ4n) is 1.54. The average Bonchev–Trinajstić information content (AvgIpc) is 2.80. The van der Waals surface area contributed by atoms with Crippen LogP contribution < -0.4 is 10.5 Å². The second-order valence-corrected chi connectivity index (χ2v) is 4.74. The number of para-hydroxylation sites is 1. The maximum atomic E-state index is 5.72. The van der Waals surface area contributed by atoms with Crippen molar-refractivity contribution in [1.29, 1.82) is 0 Å². The van der Waals surface area contributed by atoms with Crippen molar-refractivity contribution in [3.05, 3.63) is 45.9 Å². The molecule has 0 spiro atoms. The van der Waals surface area contributed by atoms with Gasteiger partial charge >= 0.3 is 0 Å². The Morgan fingerprint density at radius 1 is 1.35 bits per heavy atom. The minimum absolute atomic E-state index is 0.517. The summed E-state index contributed by atoms with van der Waals surface area (Å²) in [6.07, 6.45) is 0.824. The first kappa shape index (κ1) is 12.1. The first-order valence-electron chi connectivity index (χ1n) is 5.61. The van der Waals surface area contributed by atoms with E-state index in [-0.39, 0.29) is 0 Å². The van der Waals surface area contributed by atoms with Gasteiger partial charge in [-0.15, -0.1) is 11.3 Å². The number of hydrogen-bond acceptors (Lipinski definition) is 4. The third kappa shape index (κ3) is 3.28. The third-order valence-corrected chi connectivity index (χ3v) is 3.40. The maximum Gasteiger partial charge on any atom is 0.122 e. The molecule has 0 bridgehead atoms. The Bertz CT molecular complexity index is 482. The molecule has 0 saturated carbocycles. The van der Waals surface area contributed by atoms with E-state index in [9.17, 15) is 0 Å². The summed E-state index contributed by atoms with van der Waals surface area (Å²) >= 11 is 1.61. The standard InChI is InChI=1S/C13H16N2OS/c1-10-4-2-3-5-12(10)16-7-6-11-9-17-13(8-14)15-11/h2-5,9H,6-8,14H2,1H3. The molecule has 1 aromatic carbocycles. The highest BCUT2D eigenvalue weighted by molar-refractivity contribution is 7.09. The van der Waals surface area contributed by atoms with Gasteiger partial charge in [0, 0.05) is 18.3 Å². The van der Waals surface area contributed by atoms with Gasteiger partial charge in [-0.25, -0.2) is 4.98 Å². The van der Waals surface area contributed by atoms with Gasteiger partial charge < -0.3 is 10.5 Å². The monoisotopic (exact) mass is 248 g/mol. The number of hydrogen-bond donors (Lipinski definition) is 1. The smallest absolute Gasteiger partial charge is 0.122 e. The van der Waals surface area contributed by atoms with Crippen molar-refractivity contribution in [3.8, 4) is 5.75 Å². The van der Waals surface area contributed by atoms with Crippen molar-refractivity contribution in [3.63, 3.8) is 0 Å². The van der Waals surface area contributed by atoms with Gasteiger partial charge in [-0.1, -0.05) is 18.2 Å². The summed E-state index contributed by atoms with van der Waals surface area (Å²) in [5.74, 6) is 0.946. The van der Waals surface area contributed by atoms with Crippen LogP contribution in [0.25, 0.3) is 0 Å². The third-order valence-electron chi connectivity index (χ3n) is 2.48. The fraction of sp³-hybridized carbons (Fsp3) is 0.308. The van der Waals surface area contributed by atoms with Gasteiger partial charge in [0.05, 0.1) is 12.3 Å². The predicted octanol–water partition coefficient (Wildman–Crippen LogP) is 2.53. The van der Waals surface area contributed by atoms with Crippen molar-refractivity contribution >= 4 is 11.3 Å². The molecule has 0 amide bonds. The van der Waals surface area contributed by atoms with E-state index in [1.54, 1.807) is 11.3 Å². The molecule has 17 heavy (non-hydrogen) atoms. The van der Waals surface area contributed by atoms with Crippen LogP contribution in [-0.2, 0) is 13.0 Å². The fourth-order valence-corrected chi connectivity index (χ4v) is 2.25. The van der Waals surface area contributed by atoms with Crippen LogP contribution >= 0.6 is 11.3 Å². The average molecular weight is 248 g/mol. The molecular formula is C13H16N2OS. The summed E-state index contributed by atoms with van der Waals surface area (Å²) in [4.78, 5) is 4.40. The number of thiazole rings is 1. The summed E-state index contributed by atoms with van der Waals surface area (Å²) in [6.45, 7) is 3.21. The Morgan fingerprint density at radius 3 is 2.88 bits per heavy atom. The highest BCUT2D eigenvalue weighted by Crippen LogP contribution is 2.16. The van der Waals surface area contributed by atoms with Crippen molar-refractivity contribution in [2.45, 2.75) is 19.9 Å². The van der Waals surface area contributed by atoms with Crippen LogP contribution in [-0.4, -0.2) is 11.6 Å². The normalized spacial score (nSPS) is 10.5. The second-order valence-electron chi connectivity index (χ2n) is 3.80. The first-order chi connectivity index (χ1) is 8.29. The number of aromatic nitrogens is 1. The van der Waals surface area contributed by atoms with E-state index in [4.69, 9.17) is 10.5 Å². The van der Waals surface area contributed by atoms with Gasteiger partial charge in [0.2, 0.25) is 0 Å². The van der Waals surface area contributed by atoms with E-state index >= 15 is 0 Å². The molecule has 0 unspecified atom stereocenters. The number of nitrogens with zero attached hydrogens (tertiary/aromatic N) is 1. The summed E-state index contributed by atoms with van der Waals surface area (Å²) in [7, 11) is 0. The van der Waals surface area contributed by atoms with Crippen molar-refractivity contribution < 1.29 is 4.74 Å². The zero-order chi connectivity index (χ0) is 12.1. The topological polar surface area (TPSA) is 48.1 Å². The van der Waals surface area contributed by atoms with Crippen LogP contribution in [0.2, 0.25) is 0 Å². The van der Waals surface area contributed by atoms with Gasteiger partial charge in [0.15, 0.2) is 0 Å². The van der Waals surface area contributed by atoms with Crippen LogP contribution in [0.4, 0.5) is 0 Å². The van der Waals surface area contributed by atoms with Crippen molar-refractivity contribution in [1.82, 2.24) is 4.98 Å². The predicted molar refractivity (Wildman–Crippen MR) is 70.4 cm³/mol. The van der Waals surface area contributed by atoms with E-state index in [0.717, 1.165) is 28.4 Å². The molecule has 2 N–H and O–H groups in total. The van der Waals surface area contributed by atoms with E-state index in [1.807, 2.05) is 36.6 Å². The molecule has 4 heteroatoms. The van der Waals surface area contributed by atoms with Gasteiger partial charge in [-0.2, -0.15) is 0 Å². The number of aryl methyl sites for hydroxylation is 1. The molecule has 1 heterocycles. The lowest BCUT2D eigenvalue weighted by Crippen LogP contribution is -2.03. The first-order valence-corrected chi connectivity index (χ1v) is 6.49. The lowest BCUT2D eigenvalue weighted by molar-refractivity contribution is 0.318. The van der Waals surface area contributed by atoms with Gasteiger partial charge in [0.1, 0.15) is 10.8 Å². The Labute approximate surface area is 105 Å². The van der Waals surface area contributed by atoms with Crippen molar-refractivity contribution in [2.75, 3.05) is 6.61 Å². The molecule has 0 atom stereocenters. The SMILES string of the molecule is Cc1ccccc1OCCc1csc(CN)n1. The Hall–Kier alpha value is -1.39. The van der Waals surface area contributed by atoms with Crippen LogP contribution in [0.1, 0.15) is 16.3 Å². The molecule has 0 aliphatic carbocycles. The van der Waals surface area contributed by atoms with Gasteiger partial charge in [-0.3, -0.25) is 0 Å². The van der Waals surface area contributed by atoms with Gasteiger partial charge in [0.25, 0.3) is 0 Å². The highest BCUT2D eigenvalue weighted by atomic mass is 32.1. The molecule has 2 rings (SSSR count). The number of nitrogens with two attached hydrogens (primary N) is 1. The minimum atomic E-state index is 0.517. The zero-order valence-electron chi connectivity index (χ0n) is 9.85. The van der Waals surface area contributed by atoms with Gasteiger partial charge in [-0.05, 0) is 18.6 Å². The van der Waals surface area contributed by atoms with Crippen LogP contribution in [0.5, 0.6) is 5.75 Å². The molecular weight excluding hydrogens is 232 g/mol. The number of rotatable bonds is 5. The lowest BCUT2D eigenvalue weighted by atomic mass is 10.2. The maximum absolute atomic E-state index is 5.72. The Morgan fingerprint density at radius 2 is 2.18 bits per heavy atom. The summed E-state index contributed by atoms with van der Waals surface area (Å²) < 4.78 is 5.72. The lowest BCUT2D eigenvalue weighted by Gasteiger charge is -2.07. The Kier molecular flexibility index (Phi) is 4.12. The minimum Gasteiger partial charge on any atom is -0.493 e. The second kappa shape index (κ2) is 5.80. The summed E-state index contributed by atoms with van der Waals surface area (Å²) in [5.41, 5.74) is 7.74. The zero-order valence-corrected chi connectivity index (χ0v) is 10.7. The van der Waals surface area contributed by atoms with Crippen molar-refractivity contribution in [2.24, 2.45) is 5.73 Å². The highest BCUT2D eigenvalue weighted by Gasteiger charge is 2.02. The molecule has 0 saturated heterocycles. The molecule has 0 aliphatic rings. The largest absolute Gasteiger partial charge is 0.493 e. The summed E-state index contributed by atoms with van der Waals surface area (Å²) in [5, 5.41) is 3.03. The molecule has 2 aromatic rings. The molecule has 0 radical (unpaired) electrons.